The van der Waals surface area contributed by atoms with Crippen LogP contribution in [-0.2, 0) is 4.79 Å². The van der Waals surface area contributed by atoms with E-state index in [0.29, 0.717) is 11.7 Å². The highest BCUT2D eigenvalue weighted by Gasteiger charge is 2.42. The Hall–Kier alpha value is -1.69. The summed E-state index contributed by atoms with van der Waals surface area (Å²) in [6, 6.07) is 6.01. The summed E-state index contributed by atoms with van der Waals surface area (Å²) >= 11 is 1.45. The fourth-order valence-electron chi connectivity index (χ4n) is 4.60. The summed E-state index contributed by atoms with van der Waals surface area (Å²) in [6.07, 6.45) is 5.42. The van der Waals surface area contributed by atoms with Crippen LogP contribution in [0.4, 0.5) is 0 Å². The number of nitrogens with zero attached hydrogens (tertiary/aromatic N) is 1. The predicted octanol–water partition coefficient (Wildman–Crippen LogP) is 3.60. The van der Waals surface area contributed by atoms with Crippen molar-refractivity contribution in [2.45, 2.75) is 43.8 Å². The van der Waals surface area contributed by atoms with Crippen LogP contribution in [0.2, 0.25) is 0 Å². The number of nitrogens with one attached hydrogen (secondary N) is 2. The Morgan fingerprint density at radius 1 is 1.44 bits per heavy atom. The normalized spacial score (nSPS) is 26.1. The van der Waals surface area contributed by atoms with E-state index in [2.05, 4.69) is 22.2 Å². The molecule has 1 amide bonds. The molecule has 2 aliphatic rings. The van der Waals surface area contributed by atoms with E-state index in [1.165, 1.54) is 37.4 Å². The van der Waals surface area contributed by atoms with E-state index >= 15 is 0 Å². The van der Waals surface area contributed by atoms with E-state index in [1.807, 2.05) is 18.2 Å². The van der Waals surface area contributed by atoms with Crippen molar-refractivity contribution < 1.29 is 9.53 Å². The van der Waals surface area contributed by atoms with Crippen molar-refractivity contribution in [3.8, 4) is 5.75 Å². The molecule has 0 radical (unpaired) electrons. The van der Waals surface area contributed by atoms with Gasteiger partial charge in [-0.3, -0.25) is 4.79 Å². The zero-order valence-electron chi connectivity index (χ0n) is 14.7. The fraction of sp³-hybridized carbons (Fsp3) is 0.579. The third kappa shape index (κ3) is 3.50. The number of hydrogen-bond donors (Lipinski definition) is 2. The molecule has 1 aromatic carbocycles. The Balaban J connectivity index is 1.31. The van der Waals surface area contributed by atoms with E-state index in [0.717, 1.165) is 33.8 Å². The van der Waals surface area contributed by atoms with Crippen molar-refractivity contribution in [1.29, 1.82) is 0 Å². The maximum atomic E-state index is 12.3. The number of carbonyl (C=O) groups is 1. The van der Waals surface area contributed by atoms with Gasteiger partial charge in [-0.2, -0.15) is 0 Å². The number of hydrogen-bond acceptors (Lipinski definition) is 4. The van der Waals surface area contributed by atoms with Gasteiger partial charge in [0.1, 0.15) is 5.75 Å². The fourth-order valence-corrected chi connectivity index (χ4v) is 5.30. The summed E-state index contributed by atoms with van der Waals surface area (Å²) in [4.78, 5) is 20.1. The van der Waals surface area contributed by atoms with Crippen LogP contribution in [0.25, 0.3) is 11.0 Å². The SMILES string of the molecule is COc1ccc2nc(SCC(=O)NC(C)C3CC4CCC3C4)[nH]c2c1. The van der Waals surface area contributed by atoms with Crippen molar-refractivity contribution in [2.75, 3.05) is 12.9 Å². The molecule has 4 atom stereocenters. The monoisotopic (exact) mass is 359 g/mol. The summed E-state index contributed by atoms with van der Waals surface area (Å²) in [5.41, 5.74) is 1.82. The van der Waals surface area contributed by atoms with Crippen LogP contribution in [0.3, 0.4) is 0 Å². The lowest BCUT2D eigenvalue weighted by molar-refractivity contribution is -0.119. The first-order chi connectivity index (χ1) is 12.1. The Bertz CT molecular complexity index is 775. The van der Waals surface area contributed by atoms with Gasteiger partial charge in [0.15, 0.2) is 5.16 Å². The zero-order chi connectivity index (χ0) is 17.4. The number of aromatic nitrogens is 2. The third-order valence-electron chi connectivity index (χ3n) is 5.83. The van der Waals surface area contributed by atoms with E-state index in [1.54, 1.807) is 7.11 Å². The number of rotatable bonds is 6. The smallest absolute Gasteiger partial charge is 0.230 e. The minimum absolute atomic E-state index is 0.0957. The van der Waals surface area contributed by atoms with Gasteiger partial charge in [-0.1, -0.05) is 18.2 Å². The molecule has 4 unspecified atom stereocenters. The molecule has 2 bridgehead atoms. The van der Waals surface area contributed by atoms with Crippen molar-refractivity contribution in [2.24, 2.45) is 17.8 Å². The Labute approximate surface area is 152 Å². The molecule has 1 heterocycles. The molecule has 4 rings (SSSR count). The number of imidazole rings is 1. The van der Waals surface area contributed by atoms with Gasteiger partial charge in [0, 0.05) is 12.1 Å². The lowest BCUT2D eigenvalue weighted by Crippen LogP contribution is -2.40. The molecular formula is C19H25N3O2S. The van der Waals surface area contributed by atoms with Crippen LogP contribution < -0.4 is 10.1 Å². The molecular weight excluding hydrogens is 334 g/mol. The van der Waals surface area contributed by atoms with Crippen molar-refractivity contribution >= 4 is 28.7 Å². The number of carbonyl (C=O) groups excluding carboxylic acids is 1. The lowest BCUT2D eigenvalue weighted by atomic mass is 9.84. The van der Waals surface area contributed by atoms with E-state index in [9.17, 15) is 4.79 Å². The second kappa shape index (κ2) is 6.90. The summed E-state index contributed by atoms with van der Waals surface area (Å²) in [6.45, 7) is 2.17. The molecule has 2 N–H and O–H groups in total. The third-order valence-corrected chi connectivity index (χ3v) is 6.70. The van der Waals surface area contributed by atoms with Gasteiger partial charge >= 0.3 is 0 Å². The van der Waals surface area contributed by atoms with Crippen LogP contribution in [0.15, 0.2) is 23.4 Å². The van der Waals surface area contributed by atoms with Gasteiger partial charge in [0.2, 0.25) is 5.91 Å². The van der Waals surface area contributed by atoms with Crippen LogP contribution in [0.1, 0.15) is 32.6 Å². The number of methoxy groups -OCH3 is 1. The highest BCUT2D eigenvalue weighted by Crippen LogP contribution is 2.49. The molecule has 2 aromatic rings. The maximum absolute atomic E-state index is 12.3. The number of fused-ring (bicyclic) bond motifs is 3. The standard InChI is InChI=1S/C19H25N3O2S/c1-11(15-8-12-3-4-13(15)7-12)20-18(23)10-25-19-21-16-6-5-14(24-2)9-17(16)22-19/h5-6,9,11-13,15H,3-4,7-8,10H2,1-2H3,(H,20,23)(H,21,22). The molecule has 134 valence electrons. The first-order valence-electron chi connectivity index (χ1n) is 9.08. The summed E-state index contributed by atoms with van der Waals surface area (Å²) in [5, 5.41) is 3.98. The van der Waals surface area contributed by atoms with E-state index in [4.69, 9.17) is 4.74 Å². The largest absolute Gasteiger partial charge is 0.497 e. The number of benzene rings is 1. The number of aromatic amines is 1. The van der Waals surface area contributed by atoms with Gasteiger partial charge in [0.25, 0.3) is 0 Å². The number of H-pyrrole nitrogens is 1. The minimum Gasteiger partial charge on any atom is -0.497 e. The molecule has 2 saturated carbocycles. The van der Waals surface area contributed by atoms with Gasteiger partial charge in [-0.25, -0.2) is 4.98 Å². The molecule has 0 aliphatic heterocycles. The highest BCUT2D eigenvalue weighted by atomic mass is 32.2. The second-order valence-electron chi connectivity index (χ2n) is 7.41. The van der Waals surface area contributed by atoms with Gasteiger partial charge in [0.05, 0.1) is 23.9 Å². The molecule has 2 fully saturated rings. The minimum atomic E-state index is 0.0957. The molecule has 1 aromatic heterocycles. The van der Waals surface area contributed by atoms with Crippen LogP contribution >= 0.6 is 11.8 Å². The topological polar surface area (TPSA) is 67.0 Å². The Kier molecular flexibility index (Phi) is 4.63. The Morgan fingerprint density at radius 3 is 3.04 bits per heavy atom. The predicted molar refractivity (Wildman–Crippen MR) is 99.9 cm³/mol. The van der Waals surface area contributed by atoms with Crippen molar-refractivity contribution in [1.82, 2.24) is 15.3 Å². The molecule has 0 saturated heterocycles. The summed E-state index contributed by atoms with van der Waals surface area (Å²) in [5.74, 6) is 3.70. The quantitative estimate of drug-likeness (QED) is 0.773. The van der Waals surface area contributed by atoms with Gasteiger partial charge in [-0.15, -0.1) is 0 Å². The van der Waals surface area contributed by atoms with Gasteiger partial charge in [-0.05, 0) is 56.1 Å². The van der Waals surface area contributed by atoms with Crippen LogP contribution in [-0.4, -0.2) is 34.8 Å². The average molecular weight is 359 g/mol. The number of thioether (sulfide) groups is 1. The molecule has 25 heavy (non-hydrogen) atoms. The molecule has 0 spiro atoms. The summed E-state index contributed by atoms with van der Waals surface area (Å²) < 4.78 is 5.22. The first-order valence-corrected chi connectivity index (χ1v) is 10.1. The van der Waals surface area contributed by atoms with Gasteiger partial charge < -0.3 is 15.0 Å². The first kappa shape index (κ1) is 16.8. The van der Waals surface area contributed by atoms with Crippen LogP contribution in [0.5, 0.6) is 5.75 Å². The average Bonchev–Trinajstić information content (AvgIpc) is 3.33. The summed E-state index contributed by atoms with van der Waals surface area (Å²) in [7, 11) is 1.65. The number of amides is 1. The second-order valence-corrected chi connectivity index (χ2v) is 8.37. The van der Waals surface area contributed by atoms with Crippen LogP contribution in [0, 0.1) is 17.8 Å². The van der Waals surface area contributed by atoms with E-state index < -0.39 is 0 Å². The number of ether oxygens (including phenoxy) is 1. The van der Waals surface area contributed by atoms with Crippen molar-refractivity contribution in [3.05, 3.63) is 18.2 Å². The Morgan fingerprint density at radius 2 is 2.32 bits per heavy atom. The maximum Gasteiger partial charge on any atom is 0.230 e. The molecule has 2 aliphatic carbocycles. The molecule has 6 heteroatoms. The van der Waals surface area contributed by atoms with E-state index in [-0.39, 0.29) is 11.9 Å². The zero-order valence-corrected chi connectivity index (χ0v) is 15.6. The highest BCUT2D eigenvalue weighted by molar-refractivity contribution is 7.99. The lowest BCUT2D eigenvalue weighted by Gasteiger charge is -2.28. The molecule has 5 nitrogen and oxygen atoms in total. The van der Waals surface area contributed by atoms with Crippen molar-refractivity contribution in [3.63, 3.8) is 0 Å².